The van der Waals surface area contributed by atoms with E-state index in [0.717, 1.165) is 0 Å². The molecular weight excluding hydrogens is 242 g/mol. The van der Waals surface area contributed by atoms with Gasteiger partial charge < -0.3 is 15.6 Å². The van der Waals surface area contributed by atoms with Crippen molar-refractivity contribution in [2.45, 2.75) is 6.92 Å². The number of aryl methyl sites for hydroxylation is 1. The summed E-state index contributed by atoms with van der Waals surface area (Å²) in [6, 6.07) is 8.80. The van der Waals surface area contributed by atoms with Crippen molar-refractivity contribution in [1.29, 1.82) is 0 Å². The van der Waals surface area contributed by atoms with Crippen LogP contribution in [0.4, 0.5) is 5.69 Å². The number of rotatable bonds is 2. The summed E-state index contributed by atoms with van der Waals surface area (Å²) >= 11 is 0. The van der Waals surface area contributed by atoms with Gasteiger partial charge in [-0.1, -0.05) is 29.1 Å². The molecule has 19 heavy (non-hydrogen) atoms. The molecule has 0 radical (unpaired) electrons. The van der Waals surface area contributed by atoms with Crippen molar-refractivity contribution in [3.8, 4) is 11.8 Å². The monoisotopic (exact) mass is 255 g/mol. The van der Waals surface area contributed by atoms with Crippen molar-refractivity contribution < 1.29 is 9.32 Å². The second kappa shape index (κ2) is 5.85. The van der Waals surface area contributed by atoms with E-state index in [1.807, 2.05) is 18.2 Å². The Morgan fingerprint density at radius 3 is 2.95 bits per heavy atom. The molecule has 0 bridgehead atoms. The van der Waals surface area contributed by atoms with E-state index in [2.05, 4.69) is 22.3 Å². The van der Waals surface area contributed by atoms with Gasteiger partial charge in [-0.2, -0.15) is 0 Å². The second-order valence-corrected chi connectivity index (χ2v) is 3.84. The average molecular weight is 255 g/mol. The fourth-order valence-corrected chi connectivity index (χ4v) is 1.50. The number of amides is 1. The maximum Gasteiger partial charge on any atom is 0.294 e. The highest BCUT2D eigenvalue weighted by atomic mass is 16.5. The zero-order valence-corrected chi connectivity index (χ0v) is 10.4. The first kappa shape index (κ1) is 12.9. The van der Waals surface area contributed by atoms with Crippen LogP contribution in [0, 0.1) is 18.8 Å². The van der Waals surface area contributed by atoms with Crippen molar-refractivity contribution in [2.24, 2.45) is 5.73 Å². The van der Waals surface area contributed by atoms with Gasteiger partial charge in [0.2, 0.25) is 5.76 Å². The summed E-state index contributed by atoms with van der Waals surface area (Å²) in [5.74, 6) is 5.46. The topological polar surface area (TPSA) is 81.2 Å². The molecule has 1 aromatic heterocycles. The summed E-state index contributed by atoms with van der Waals surface area (Å²) in [5.41, 5.74) is 7.31. The Morgan fingerprint density at radius 1 is 1.47 bits per heavy atom. The minimum atomic E-state index is -0.359. The van der Waals surface area contributed by atoms with Gasteiger partial charge in [0, 0.05) is 11.6 Å². The lowest BCUT2D eigenvalue weighted by molar-refractivity contribution is 0.0988. The number of benzene rings is 1. The van der Waals surface area contributed by atoms with E-state index in [-0.39, 0.29) is 18.2 Å². The van der Waals surface area contributed by atoms with Crippen LogP contribution in [0.1, 0.15) is 21.8 Å². The van der Waals surface area contributed by atoms with Crippen molar-refractivity contribution in [1.82, 2.24) is 5.16 Å². The fraction of sp³-hybridized carbons (Fsp3) is 0.143. The molecule has 0 saturated carbocycles. The zero-order chi connectivity index (χ0) is 13.7. The Morgan fingerprint density at radius 2 is 2.26 bits per heavy atom. The predicted octanol–water partition coefficient (Wildman–Crippen LogP) is 1.55. The predicted molar refractivity (Wildman–Crippen MR) is 71.6 cm³/mol. The molecule has 1 aromatic carbocycles. The number of nitrogens with two attached hydrogens (primary N) is 1. The molecule has 0 saturated heterocycles. The Kier molecular flexibility index (Phi) is 3.96. The highest BCUT2D eigenvalue weighted by molar-refractivity contribution is 6.02. The molecule has 0 fully saturated rings. The Hall–Kier alpha value is -2.58. The molecule has 0 aliphatic rings. The minimum Gasteiger partial charge on any atom is -0.351 e. The maximum atomic E-state index is 11.9. The molecule has 0 atom stereocenters. The molecule has 0 unspecified atom stereocenters. The van der Waals surface area contributed by atoms with Gasteiger partial charge in [0.25, 0.3) is 5.91 Å². The summed E-state index contributed by atoms with van der Waals surface area (Å²) in [6.07, 6.45) is 0. The van der Waals surface area contributed by atoms with Crippen LogP contribution in [0.15, 0.2) is 34.9 Å². The lowest BCUT2D eigenvalue weighted by Crippen LogP contribution is -2.12. The first-order valence-corrected chi connectivity index (χ1v) is 5.73. The number of carbonyl (C=O) groups is 1. The molecule has 0 aliphatic heterocycles. The summed E-state index contributed by atoms with van der Waals surface area (Å²) < 4.78 is 4.90. The molecule has 1 heterocycles. The van der Waals surface area contributed by atoms with Gasteiger partial charge in [-0.25, -0.2) is 0 Å². The Labute approximate surface area is 110 Å². The highest BCUT2D eigenvalue weighted by Gasteiger charge is 2.12. The van der Waals surface area contributed by atoms with Gasteiger partial charge in [0.15, 0.2) is 0 Å². The Bertz CT molecular complexity index is 650. The van der Waals surface area contributed by atoms with Crippen LogP contribution < -0.4 is 11.1 Å². The smallest absolute Gasteiger partial charge is 0.294 e. The average Bonchev–Trinajstić information content (AvgIpc) is 2.84. The minimum absolute atomic E-state index is 0.166. The van der Waals surface area contributed by atoms with E-state index in [1.165, 1.54) is 0 Å². The lowest BCUT2D eigenvalue weighted by atomic mass is 10.2. The number of hydrogen-bond donors (Lipinski definition) is 2. The molecule has 5 heteroatoms. The van der Waals surface area contributed by atoms with E-state index < -0.39 is 0 Å². The van der Waals surface area contributed by atoms with Gasteiger partial charge in [0.05, 0.1) is 17.9 Å². The molecule has 1 amide bonds. The second-order valence-electron chi connectivity index (χ2n) is 3.84. The van der Waals surface area contributed by atoms with Crippen LogP contribution in [0.5, 0.6) is 0 Å². The maximum absolute atomic E-state index is 11.9. The quantitative estimate of drug-likeness (QED) is 0.798. The first-order chi connectivity index (χ1) is 9.20. The third kappa shape index (κ3) is 3.21. The lowest BCUT2D eigenvalue weighted by Gasteiger charge is -2.04. The standard InChI is InChI=1S/C14H13N3O2/c1-10-9-13(19-17-10)14(18)16-12-7-3-2-5-11(12)6-4-8-15/h2-3,5,7,9H,8,15H2,1H3,(H,16,18). The Balaban J connectivity index is 2.21. The third-order valence-electron chi connectivity index (χ3n) is 2.35. The van der Waals surface area contributed by atoms with Gasteiger partial charge in [-0.15, -0.1) is 0 Å². The highest BCUT2D eigenvalue weighted by Crippen LogP contribution is 2.15. The van der Waals surface area contributed by atoms with Gasteiger partial charge in [-0.3, -0.25) is 4.79 Å². The van der Waals surface area contributed by atoms with Crippen molar-refractivity contribution in [3.05, 3.63) is 47.3 Å². The van der Waals surface area contributed by atoms with Crippen molar-refractivity contribution in [3.63, 3.8) is 0 Å². The van der Waals surface area contributed by atoms with Gasteiger partial charge in [0.1, 0.15) is 0 Å². The number of nitrogens with one attached hydrogen (secondary N) is 1. The number of hydrogen-bond acceptors (Lipinski definition) is 4. The molecule has 96 valence electrons. The molecular formula is C14H13N3O2. The van der Waals surface area contributed by atoms with E-state index in [1.54, 1.807) is 19.1 Å². The molecule has 0 aliphatic carbocycles. The van der Waals surface area contributed by atoms with Gasteiger partial charge >= 0.3 is 0 Å². The first-order valence-electron chi connectivity index (χ1n) is 5.73. The number of carbonyl (C=O) groups excluding carboxylic acids is 1. The summed E-state index contributed by atoms with van der Waals surface area (Å²) in [7, 11) is 0. The summed E-state index contributed by atoms with van der Waals surface area (Å²) in [6.45, 7) is 2.02. The number of anilines is 1. The van der Waals surface area contributed by atoms with E-state index >= 15 is 0 Å². The van der Waals surface area contributed by atoms with Crippen LogP contribution in [0.25, 0.3) is 0 Å². The van der Waals surface area contributed by atoms with Crippen LogP contribution in [0.3, 0.4) is 0 Å². The molecule has 2 aromatic rings. The number of nitrogens with zero attached hydrogens (tertiary/aromatic N) is 1. The number of aromatic nitrogens is 1. The third-order valence-corrected chi connectivity index (χ3v) is 2.35. The van der Waals surface area contributed by atoms with Crippen LogP contribution in [0.2, 0.25) is 0 Å². The zero-order valence-electron chi connectivity index (χ0n) is 10.4. The normalized spacial score (nSPS) is 9.58. The van der Waals surface area contributed by atoms with Crippen LogP contribution >= 0.6 is 0 Å². The molecule has 3 N–H and O–H groups in total. The summed E-state index contributed by atoms with van der Waals surface area (Å²) in [4.78, 5) is 11.9. The van der Waals surface area contributed by atoms with Gasteiger partial charge in [-0.05, 0) is 19.1 Å². The summed E-state index contributed by atoms with van der Waals surface area (Å²) in [5, 5.41) is 6.40. The SMILES string of the molecule is Cc1cc(C(=O)Nc2ccccc2C#CCN)on1. The van der Waals surface area contributed by atoms with E-state index in [4.69, 9.17) is 10.3 Å². The largest absolute Gasteiger partial charge is 0.351 e. The number of para-hydroxylation sites is 1. The molecule has 0 spiro atoms. The van der Waals surface area contributed by atoms with Crippen molar-refractivity contribution >= 4 is 11.6 Å². The van der Waals surface area contributed by atoms with Crippen molar-refractivity contribution in [2.75, 3.05) is 11.9 Å². The molecule has 5 nitrogen and oxygen atoms in total. The fourth-order valence-electron chi connectivity index (χ4n) is 1.50. The van der Waals surface area contributed by atoms with E-state index in [0.29, 0.717) is 16.9 Å². The van der Waals surface area contributed by atoms with Crippen LogP contribution in [-0.2, 0) is 0 Å². The van der Waals surface area contributed by atoms with Crippen LogP contribution in [-0.4, -0.2) is 17.6 Å². The molecule has 2 rings (SSSR count). The van der Waals surface area contributed by atoms with E-state index in [9.17, 15) is 4.79 Å².